The van der Waals surface area contributed by atoms with E-state index < -0.39 is 0 Å². The summed E-state index contributed by atoms with van der Waals surface area (Å²) in [7, 11) is 0. The molecule has 2 nitrogen and oxygen atoms in total. The Morgan fingerprint density at radius 2 is 1.95 bits per heavy atom. The van der Waals surface area contributed by atoms with Crippen LogP contribution in [-0.2, 0) is 4.74 Å². The molecule has 1 N–H and O–H groups in total. The van der Waals surface area contributed by atoms with Crippen LogP contribution in [0.4, 0.5) is 0 Å². The average molecular weight is 289 g/mol. The minimum atomic E-state index is 0.222. The smallest absolute Gasteiger partial charge is 0.0741 e. The first kappa shape index (κ1) is 16.5. The van der Waals surface area contributed by atoms with Crippen molar-refractivity contribution in [1.29, 1.82) is 0 Å². The fourth-order valence-corrected chi connectivity index (χ4v) is 2.93. The highest BCUT2D eigenvalue weighted by molar-refractivity contribution is 5.24. The zero-order valence-electron chi connectivity index (χ0n) is 13.9. The Morgan fingerprint density at radius 3 is 2.52 bits per heavy atom. The van der Waals surface area contributed by atoms with Gasteiger partial charge in [0.05, 0.1) is 12.1 Å². The van der Waals surface area contributed by atoms with Crippen LogP contribution in [0.15, 0.2) is 24.3 Å². The molecule has 21 heavy (non-hydrogen) atoms. The van der Waals surface area contributed by atoms with Crippen LogP contribution in [0.3, 0.4) is 0 Å². The number of rotatable bonds is 9. The predicted molar refractivity (Wildman–Crippen MR) is 89.6 cm³/mol. The van der Waals surface area contributed by atoms with Gasteiger partial charge in [0.2, 0.25) is 0 Å². The molecular weight excluding hydrogens is 258 g/mol. The minimum Gasteiger partial charge on any atom is -0.377 e. The van der Waals surface area contributed by atoms with E-state index in [1.54, 1.807) is 0 Å². The van der Waals surface area contributed by atoms with Crippen molar-refractivity contribution in [2.75, 3.05) is 13.2 Å². The van der Waals surface area contributed by atoms with Crippen molar-refractivity contribution < 1.29 is 4.74 Å². The molecule has 0 heterocycles. The molecule has 0 saturated heterocycles. The Hall–Kier alpha value is -0.860. The molecule has 0 aromatic heterocycles. The number of benzene rings is 1. The lowest BCUT2D eigenvalue weighted by atomic mass is 9.83. The molecule has 0 spiro atoms. The van der Waals surface area contributed by atoms with Crippen LogP contribution in [0.1, 0.15) is 63.1 Å². The monoisotopic (exact) mass is 289 g/mol. The molecule has 1 fully saturated rings. The molecule has 0 aliphatic heterocycles. The van der Waals surface area contributed by atoms with E-state index in [9.17, 15) is 0 Å². The summed E-state index contributed by atoms with van der Waals surface area (Å²) < 4.78 is 6.13. The van der Waals surface area contributed by atoms with Gasteiger partial charge in [-0.2, -0.15) is 0 Å². The standard InChI is InChI=1S/C19H31NO/c1-4-13-20-19(18-10-8-15(2)9-11-18)16(3)21-14-12-17-6-5-7-17/h8-11,16-17,19-20H,4-7,12-14H2,1-3H3. The van der Waals surface area contributed by atoms with Crippen molar-refractivity contribution in [2.24, 2.45) is 5.92 Å². The molecule has 0 bridgehead atoms. The summed E-state index contributed by atoms with van der Waals surface area (Å²) in [6.45, 7) is 8.49. The van der Waals surface area contributed by atoms with Crippen LogP contribution < -0.4 is 5.32 Å². The lowest BCUT2D eigenvalue weighted by Gasteiger charge is -2.29. The Bertz CT molecular complexity index is 397. The molecule has 2 unspecified atom stereocenters. The maximum Gasteiger partial charge on any atom is 0.0741 e. The van der Waals surface area contributed by atoms with E-state index in [1.165, 1.54) is 36.8 Å². The van der Waals surface area contributed by atoms with Crippen molar-refractivity contribution in [3.05, 3.63) is 35.4 Å². The molecule has 2 heteroatoms. The van der Waals surface area contributed by atoms with Gasteiger partial charge in [0, 0.05) is 6.61 Å². The van der Waals surface area contributed by atoms with Crippen molar-refractivity contribution in [3.8, 4) is 0 Å². The van der Waals surface area contributed by atoms with Gasteiger partial charge in [-0.25, -0.2) is 0 Å². The maximum atomic E-state index is 6.13. The highest BCUT2D eigenvalue weighted by atomic mass is 16.5. The zero-order valence-corrected chi connectivity index (χ0v) is 13.9. The van der Waals surface area contributed by atoms with Gasteiger partial charge in [-0.05, 0) is 44.7 Å². The summed E-state index contributed by atoms with van der Waals surface area (Å²) in [5.74, 6) is 0.929. The molecule has 1 aromatic carbocycles. The second-order valence-electron chi connectivity index (χ2n) is 6.50. The van der Waals surface area contributed by atoms with E-state index in [-0.39, 0.29) is 6.10 Å². The molecule has 2 atom stereocenters. The molecule has 1 aromatic rings. The molecule has 0 radical (unpaired) electrons. The van der Waals surface area contributed by atoms with Crippen LogP contribution in [0.25, 0.3) is 0 Å². The van der Waals surface area contributed by atoms with Gasteiger partial charge in [0.15, 0.2) is 0 Å². The van der Waals surface area contributed by atoms with E-state index in [0.29, 0.717) is 6.04 Å². The van der Waals surface area contributed by atoms with Crippen molar-refractivity contribution in [3.63, 3.8) is 0 Å². The molecular formula is C19H31NO. The summed E-state index contributed by atoms with van der Waals surface area (Å²) in [5, 5.41) is 3.65. The van der Waals surface area contributed by atoms with Gasteiger partial charge < -0.3 is 10.1 Å². The summed E-state index contributed by atoms with van der Waals surface area (Å²) in [4.78, 5) is 0. The first-order valence-corrected chi connectivity index (χ1v) is 8.62. The second kappa shape index (κ2) is 8.55. The number of hydrogen-bond donors (Lipinski definition) is 1. The summed E-state index contributed by atoms with van der Waals surface area (Å²) in [5.41, 5.74) is 2.65. The van der Waals surface area contributed by atoms with Crippen molar-refractivity contribution in [2.45, 2.75) is 65.0 Å². The molecule has 1 saturated carbocycles. The predicted octanol–water partition coefficient (Wildman–Crippen LogP) is 4.63. The third-order valence-corrected chi connectivity index (χ3v) is 4.65. The third-order valence-electron chi connectivity index (χ3n) is 4.65. The van der Waals surface area contributed by atoms with E-state index in [1.807, 2.05) is 0 Å². The van der Waals surface area contributed by atoms with Gasteiger partial charge in [0.25, 0.3) is 0 Å². The lowest BCUT2D eigenvalue weighted by Crippen LogP contribution is -2.33. The van der Waals surface area contributed by atoms with Gasteiger partial charge in [-0.3, -0.25) is 0 Å². The van der Waals surface area contributed by atoms with Crippen LogP contribution in [0, 0.1) is 12.8 Å². The lowest BCUT2D eigenvalue weighted by molar-refractivity contribution is 0.0252. The van der Waals surface area contributed by atoms with Crippen LogP contribution in [-0.4, -0.2) is 19.3 Å². The molecule has 2 rings (SSSR count). The molecule has 1 aliphatic carbocycles. The second-order valence-corrected chi connectivity index (χ2v) is 6.50. The van der Waals surface area contributed by atoms with Gasteiger partial charge in [-0.15, -0.1) is 0 Å². The number of aryl methyl sites for hydroxylation is 1. The normalized spacial score (nSPS) is 18.2. The average Bonchev–Trinajstić information content (AvgIpc) is 2.44. The Balaban J connectivity index is 1.88. The third kappa shape index (κ3) is 5.12. The van der Waals surface area contributed by atoms with Crippen molar-refractivity contribution in [1.82, 2.24) is 5.32 Å². The van der Waals surface area contributed by atoms with Crippen LogP contribution >= 0.6 is 0 Å². The van der Waals surface area contributed by atoms with Crippen LogP contribution in [0.2, 0.25) is 0 Å². The minimum absolute atomic E-state index is 0.222. The first-order valence-electron chi connectivity index (χ1n) is 8.62. The van der Waals surface area contributed by atoms with E-state index in [2.05, 4.69) is 50.4 Å². The van der Waals surface area contributed by atoms with Gasteiger partial charge in [-0.1, -0.05) is 56.0 Å². The molecule has 0 amide bonds. The quantitative estimate of drug-likeness (QED) is 0.715. The van der Waals surface area contributed by atoms with E-state index >= 15 is 0 Å². The fraction of sp³-hybridized carbons (Fsp3) is 0.684. The Kier molecular flexibility index (Phi) is 6.72. The largest absolute Gasteiger partial charge is 0.377 e. The zero-order chi connectivity index (χ0) is 15.1. The molecule has 1 aliphatic rings. The Labute approximate surface area is 130 Å². The number of nitrogens with one attached hydrogen (secondary N) is 1. The Morgan fingerprint density at radius 1 is 1.24 bits per heavy atom. The van der Waals surface area contributed by atoms with Crippen LogP contribution in [0.5, 0.6) is 0 Å². The van der Waals surface area contributed by atoms with Gasteiger partial charge >= 0.3 is 0 Å². The van der Waals surface area contributed by atoms with E-state index in [4.69, 9.17) is 4.74 Å². The summed E-state index contributed by atoms with van der Waals surface area (Å²) in [6.07, 6.45) is 6.85. The fourth-order valence-electron chi connectivity index (χ4n) is 2.93. The number of hydrogen-bond acceptors (Lipinski definition) is 2. The highest BCUT2D eigenvalue weighted by Crippen LogP contribution is 2.29. The SMILES string of the molecule is CCCNC(c1ccc(C)cc1)C(C)OCCC1CCC1. The summed E-state index contributed by atoms with van der Waals surface area (Å²) in [6, 6.07) is 9.14. The highest BCUT2D eigenvalue weighted by Gasteiger charge is 2.21. The topological polar surface area (TPSA) is 21.3 Å². The van der Waals surface area contributed by atoms with Gasteiger partial charge in [0.1, 0.15) is 0 Å². The maximum absolute atomic E-state index is 6.13. The van der Waals surface area contributed by atoms with E-state index in [0.717, 1.165) is 25.5 Å². The summed E-state index contributed by atoms with van der Waals surface area (Å²) >= 11 is 0. The first-order chi connectivity index (χ1) is 10.2. The molecule has 118 valence electrons. The van der Waals surface area contributed by atoms with Crippen molar-refractivity contribution >= 4 is 0 Å². The number of ether oxygens (including phenoxy) is 1.